The average Bonchev–Trinajstić information content (AvgIpc) is 2.76. The summed E-state index contributed by atoms with van der Waals surface area (Å²) in [5, 5.41) is 0. The predicted octanol–water partition coefficient (Wildman–Crippen LogP) is 6.85. The third-order valence-electron chi connectivity index (χ3n) is 5.79. The van der Waals surface area contributed by atoms with Gasteiger partial charge in [0.15, 0.2) is 0 Å². The van der Waals surface area contributed by atoms with Crippen LogP contribution >= 0.6 is 0 Å². The van der Waals surface area contributed by atoms with Crippen LogP contribution in [0.1, 0.15) is 110 Å². The van der Waals surface area contributed by atoms with Gasteiger partial charge in [0.05, 0.1) is 5.75 Å². The minimum absolute atomic E-state index is 0.0660. The van der Waals surface area contributed by atoms with Gasteiger partial charge in [-0.1, -0.05) is 83.3 Å². The van der Waals surface area contributed by atoms with E-state index in [1.165, 1.54) is 57.8 Å². The van der Waals surface area contributed by atoms with Crippen LogP contribution in [0.2, 0.25) is 0 Å². The fourth-order valence-electron chi connectivity index (χ4n) is 3.70. The molecule has 5 nitrogen and oxygen atoms in total. The van der Waals surface area contributed by atoms with Crippen molar-refractivity contribution in [3.05, 3.63) is 29.8 Å². The second kappa shape index (κ2) is 16.1. The second-order valence-corrected chi connectivity index (χ2v) is 10.8. The summed E-state index contributed by atoms with van der Waals surface area (Å²) in [5.41, 5.74) is 0.965. The molecule has 0 aliphatic rings. The van der Waals surface area contributed by atoms with Gasteiger partial charge in [-0.05, 0) is 44.9 Å². The van der Waals surface area contributed by atoms with Crippen LogP contribution in [-0.2, 0) is 21.5 Å². The molecule has 1 rings (SSSR count). The Morgan fingerprint density at radius 2 is 1.34 bits per heavy atom. The summed E-state index contributed by atoms with van der Waals surface area (Å²) in [5.74, 6) is 0.424. The third-order valence-corrected chi connectivity index (χ3v) is 6.94. The molecule has 0 aliphatic carbocycles. The summed E-state index contributed by atoms with van der Waals surface area (Å²) in [6.07, 6.45) is 14.6. The molecule has 0 heterocycles. The van der Waals surface area contributed by atoms with Gasteiger partial charge in [-0.2, -0.15) is 8.42 Å². The standard InChI is InChI=1S/C26H45NO4S/c1-5-7-8-9-10-11-12-13-14-15-16-17-26(28)27(23(3)4)22-24-18-20-25(21-19-24)31-32(29,30)6-2/h18-21,23H,5-17,22H2,1-4H3. The molecule has 184 valence electrons. The summed E-state index contributed by atoms with van der Waals surface area (Å²) in [4.78, 5) is 14.7. The number of unbranched alkanes of at least 4 members (excludes halogenated alkanes) is 10. The molecule has 0 spiro atoms. The Balaban J connectivity index is 2.32. The summed E-state index contributed by atoms with van der Waals surface area (Å²) in [7, 11) is -3.53. The van der Waals surface area contributed by atoms with Gasteiger partial charge in [-0.15, -0.1) is 0 Å². The number of hydrogen-bond donors (Lipinski definition) is 0. The van der Waals surface area contributed by atoms with Crippen LogP contribution in [0, 0.1) is 0 Å². The number of rotatable bonds is 18. The summed E-state index contributed by atoms with van der Waals surface area (Å²) >= 11 is 0. The molecule has 6 heteroatoms. The van der Waals surface area contributed by atoms with E-state index in [4.69, 9.17) is 4.18 Å². The number of nitrogens with zero attached hydrogens (tertiary/aromatic N) is 1. The van der Waals surface area contributed by atoms with E-state index in [1.807, 2.05) is 30.9 Å². The number of carbonyl (C=O) groups is 1. The molecular formula is C26H45NO4S. The quantitative estimate of drug-likeness (QED) is 0.175. The molecule has 32 heavy (non-hydrogen) atoms. The van der Waals surface area contributed by atoms with Gasteiger partial charge >= 0.3 is 10.1 Å². The molecule has 0 aromatic heterocycles. The van der Waals surface area contributed by atoms with E-state index in [9.17, 15) is 13.2 Å². The van der Waals surface area contributed by atoms with Crippen molar-refractivity contribution in [2.24, 2.45) is 0 Å². The van der Waals surface area contributed by atoms with Gasteiger partial charge in [0.25, 0.3) is 0 Å². The highest BCUT2D eigenvalue weighted by Gasteiger charge is 2.17. The number of benzene rings is 1. The van der Waals surface area contributed by atoms with Crippen LogP contribution in [0.5, 0.6) is 5.75 Å². The van der Waals surface area contributed by atoms with E-state index < -0.39 is 10.1 Å². The molecule has 0 N–H and O–H groups in total. The molecular weight excluding hydrogens is 422 g/mol. The van der Waals surface area contributed by atoms with E-state index in [-0.39, 0.29) is 17.7 Å². The molecule has 1 aromatic rings. The molecule has 0 saturated carbocycles. The predicted molar refractivity (Wildman–Crippen MR) is 133 cm³/mol. The molecule has 0 atom stereocenters. The number of carbonyl (C=O) groups excluding carboxylic acids is 1. The van der Waals surface area contributed by atoms with E-state index in [0.29, 0.717) is 18.7 Å². The van der Waals surface area contributed by atoms with Crippen molar-refractivity contribution < 1.29 is 17.4 Å². The van der Waals surface area contributed by atoms with E-state index in [0.717, 1.165) is 18.4 Å². The van der Waals surface area contributed by atoms with Crippen molar-refractivity contribution in [1.82, 2.24) is 4.90 Å². The smallest absolute Gasteiger partial charge is 0.308 e. The van der Waals surface area contributed by atoms with Gasteiger partial charge in [0.2, 0.25) is 5.91 Å². The monoisotopic (exact) mass is 467 g/mol. The summed E-state index contributed by atoms with van der Waals surface area (Å²) in [6, 6.07) is 7.06. The zero-order valence-electron chi connectivity index (χ0n) is 20.8. The van der Waals surface area contributed by atoms with Gasteiger partial charge in [-0.25, -0.2) is 0 Å². The van der Waals surface area contributed by atoms with Crippen molar-refractivity contribution in [1.29, 1.82) is 0 Å². The normalized spacial score (nSPS) is 11.7. The Kier molecular flexibility index (Phi) is 14.3. The lowest BCUT2D eigenvalue weighted by atomic mass is 10.0. The van der Waals surface area contributed by atoms with Gasteiger partial charge in [0.1, 0.15) is 5.75 Å². The SMILES string of the molecule is CCCCCCCCCCCCCC(=O)N(Cc1ccc(OS(=O)(=O)CC)cc1)C(C)C. The lowest BCUT2D eigenvalue weighted by Gasteiger charge is -2.27. The largest absolute Gasteiger partial charge is 0.382 e. The number of amides is 1. The molecule has 1 amide bonds. The second-order valence-electron chi connectivity index (χ2n) is 8.97. The Labute approximate surface area is 197 Å². The van der Waals surface area contributed by atoms with Gasteiger partial charge in [-0.3, -0.25) is 4.79 Å². The van der Waals surface area contributed by atoms with Crippen LogP contribution in [0.25, 0.3) is 0 Å². The molecule has 0 saturated heterocycles. The first-order valence-corrected chi connectivity index (χ1v) is 14.2. The van der Waals surface area contributed by atoms with E-state index in [1.54, 1.807) is 19.1 Å². The molecule has 0 radical (unpaired) electrons. The Hall–Kier alpha value is -1.56. The molecule has 1 aromatic carbocycles. The van der Waals surface area contributed by atoms with Crippen LogP contribution in [-0.4, -0.2) is 31.0 Å². The van der Waals surface area contributed by atoms with Crippen molar-refractivity contribution in [2.75, 3.05) is 5.75 Å². The van der Waals surface area contributed by atoms with Crippen molar-refractivity contribution >= 4 is 16.0 Å². The Bertz CT molecular complexity index is 729. The molecule has 0 fully saturated rings. The van der Waals surface area contributed by atoms with Crippen molar-refractivity contribution in [2.45, 2.75) is 117 Å². The fraction of sp³-hybridized carbons (Fsp3) is 0.731. The molecule has 0 aliphatic heterocycles. The third kappa shape index (κ3) is 12.5. The van der Waals surface area contributed by atoms with Gasteiger partial charge in [0, 0.05) is 19.0 Å². The van der Waals surface area contributed by atoms with Crippen molar-refractivity contribution in [3.63, 3.8) is 0 Å². The lowest BCUT2D eigenvalue weighted by Crippen LogP contribution is -2.36. The first-order valence-electron chi connectivity index (χ1n) is 12.6. The van der Waals surface area contributed by atoms with Crippen LogP contribution in [0.3, 0.4) is 0 Å². The minimum Gasteiger partial charge on any atom is -0.382 e. The van der Waals surface area contributed by atoms with Crippen LogP contribution in [0.4, 0.5) is 0 Å². The Morgan fingerprint density at radius 3 is 1.81 bits per heavy atom. The van der Waals surface area contributed by atoms with E-state index >= 15 is 0 Å². The zero-order valence-corrected chi connectivity index (χ0v) is 21.6. The minimum atomic E-state index is -3.53. The maximum absolute atomic E-state index is 12.8. The van der Waals surface area contributed by atoms with Crippen molar-refractivity contribution in [3.8, 4) is 5.75 Å². The molecule has 0 unspecified atom stereocenters. The van der Waals surface area contributed by atoms with Crippen LogP contribution < -0.4 is 4.18 Å². The maximum atomic E-state index is 12.8. The maximum Gasteiger partial charge on any atom is 0.308 e. The van der Waals surface area contributed by atoms with Crippen LogP contribution in [0.15, 0.2) is 24.3 Å². The van der Waals surface area contributed by atoms with E-state index in [2.05, 4.69) is 6.92 Å². The summed E-state index contributed by atoms with van der Waals surface area (Å²) in [6.45, 7) is 8.39. The Morgan fingerprint density at radius 1 is 0.844 bits per heavy atom. The summed E-state index contributed by atoms with van der Waals surface area (Å²) < 4.78 is 28.2. The molecule has 0 bridgehead atoms. The zero-order chi connectivity index (χ0) is 23.8. The first kappa shape index (κ1) is 28.5. The first-order chi connectivity index (χ1) is 15.3. The topological polar surface area (TPSA) is 63.7 Å². The van der Waals surface area contributed by atoms with Gasteiger partial charge < -0.3 is 9.08 Å². The highest BCUT2D eigenvalue weighted by molar-refractivity contribution is 7.87. The average molecular weight is 468 g/mol. The highest BCUT2D eigenvalue weighted by Crippen LogP contribution is 2.18. The fourth-order valence-corrected chi connectivity index (χ4v) is 4.22. The highest BCUT2D eigenvalue weighted by atomic mass is 32.2. The lowest BCUT2D eigenvalue weighted by molar-refractivity contribution is -0.133. The number of hydrogen-bond acceptors (Lipinski definition) is 4.